The molecule has 5 heterocycles. The van der Waals surface area contributed by atoms with Crippen LogP contribution < -0.4 is 4.90 Å². The van der Waals surface area contributed by atoms with Crippen LogP contribution in [0.3, 0.4) is 0 Å². The number of benzene rings is 1. The molecular weight excluding hydrogens is 440 g/mol. The number of rotatable bonds is 4. The average molecular weight is 475 g/mol. The number of aromatic nitrogens is 4. The predicted molar refractivity (Wildman–Crippen MR) is 135 cm³/mol. The van der Waals surface area contributed by atoms with Gasteiger partial charge >= 0.3 is 0 Å². The van der Waals surface area contributed by atoms with E-state index in [-0.39, 0.29) is 11.9 Å². The minimum absolute atomic E-state index is 0.129. The van der Waals surface area contributed by atoms with Crippen molar-refractivity contribution in [3.8, 4) is 11.1 Å². The van der Waals surface area contributed by atoms with Gasteiger partial charge in [0, 0.05) is 68.8 Å². The zero-order chi connectivity index (χ0) is 24.1. The molecule has 8 heteroatoms. The fourth-order valence-corrected chi connectivity index (χ4v) is 6.01. The molecule has 0 aliphatic carbocycles. The number of nitrogens with zero attached hydrogens (tertiary/aromatic N) is 6. The molecule has 2 aromatic heterocycles. The van der Waals surface area contributed by atoms with Crippen molar-refractivity contribution in [2.45, 2.75) is 58.0 Å². The van der Waals surface area contributed by atoms with Crippen molar-refractivity contribution < 1.29 is 9.53 Å². The Bertz CT molecular complexity index is 1250. The van der Waals surface area contributed by atoms with Gasteiger partial charge in [-0.15, -0.1) is 0 Å². The van der Waals surface area contributed by atoms with E-state index in [0.717, 1.165) is 56.8 Å². The molecule has 0 N–H and O–H groups in total. The van der Waals surface area contributed by atoms with Gasteiger partial charge in [0.05, 0.1) is 25.4 Å². The van der Waals surface area contributed by atoms with E-state index in [0.29, 0.717) is 19.1 Å². The molecule has 184 valence electrons. The molecule has 6 rings (SSSR count). The number of hydrogen-bond acceptors (Lipinski definition) is 5. The molecule has 1 saturated heterocycles. The van der Waals surface area contributed by atoms with E-state index in [1.54, 1.807) is 6.92 Å². The number of carbonyl (C=O) groups is 1. The standard InChI is InChI=1S/C27H34N6O2/c1-4-19-7-11-32(25-6-5-20(13-23(19)25)21-14-28-30(3)15-21)27-24-16-31(18(2)34)10-8-26(24)33(29-27)22-9-12-35-17-22/h5-6,13-15,19,22H,4,7-12,16-17H2,1-3H3/t19?,22-/m0/s1. The SMILES string of the molecule is CCC1CCN(c2nn([C@H]3CCOC3)c3c2CN(C(C)=O)CC3)c2ccc(-c3cnn(C)c3)cc21. The van der Waals surface area contributed by atoms with Crippen molar-refractivity contribution in [1.82, 2.24) is 24.5 Å². The summed E-state index contributed by atoms with van der Waals surface area (Å²) in [6.07, 6.45) is 8.04. The minimum Gasteiger partial charge on any atom is -0.379 e. The van der Waals surface area contributed by atoms with Gasteiger partial charge in [-0.2, -0.15) is 10.2 Å². The Balaban J connectivity index is 1.45. The summed E-state index contributed by atoms with van der Waals surface area (Å²) in [7, 11) is 1.96. The molecule has 0 saturated carbocycles. The molecule has 3 aromatic rings. The highest BCUT2D eigenvalue weighted by atomic mass is 16.5. The fourth-order valence-electron chi connectivity index (χ4n) is 6.01. The number of aryl methyl sites for hydroxylation is 1. The van der Waals surface area contributed by atoms with E-state index in [1.165, 1.54) is 28.1 Å². The molecule has 3 aliphatic rings. The Morgan fingerprint density at radius 2 is 2.09 bits per heavy atom. The highest BCUT2D eigenvalue weighted by Gasteiger charge is 2.35. The largest absolute Gasteiger partial charge is 0.379 e. The first-order valence-corrected chi connectivity index (χ1v) is 12.9. The van der Waals surface area contributed by atoms with Crippen LogP contribution >= 0.6 is 0 Å². The van der Waals surface area contributed by atoms with Gasteiger partial charge in [0.25, 0.3) is 0 Å². The van der Waals surface area contributed by atoms with Crippen molar-refractivity contribution in [3.63, 3.8) is 0 Å². The van der Waals surface area contributed by atoms with E-state index in [2.05, 4.69) is 46.0 Å². The maximum absolute atomic E-state index is 12.3. The smallest absolute Gasteiger partial charge is 0.219 e. The highest BCUT2D eigenvalue weighted by Crippen LogP contribution is 2.44. The van der Waals surface area contributed by atoms with E-state index < -0.39 is 0 Å². The molecule has 3 aliphatic heterocycles. The first kappa shape index (κ1) is 22.3. The summed E-state index contributed by atoms with van der Waals surface area (Å²) in [5.41, 5.74) is 7.45. The molecule has 1 aromatic carbocycles. The molecule has 1 amide bonds. The number of hydrogen-bond donors (Lipinski definition) is 0. The van der Waals surface area contributed by atoms with Crippen LogP contribution in [0.2, 0.25) is 0 Å². The van der Waals surface area contributed by atoms with Crippen molar-refractivity contribution >= 4 is 17.4 Å². The number of amides is 1. The van der Waals surface area contributed by atoms with Crippen LogP contribution in [0.15, 0.2) is 30.6 Å². The van der Waals surface area contributed by atoms with Crippen molar-refractivity contribution in [1.29, 1.82) is 0 Å². The van der Waals surface area contributed by atoms with Crippen molar-refractivity contribution in [2.75, 3.05) is 31.2 Å². The number of carbonyl (C=O) groups excluding carboxylic acids is 1. The third-order valence-electron chi connectivity index (χ3n) is 8.01. The lowest BCUT2D eigenvalue weighted by molar-refractivity contribution is -0.129. The van der Waals surface area contributed by atoms with Crippen LogP contribution in [0.1, 0.15) is 61.9 Å². The zero-order valence-corrected chi connectivity index (χ0v) is 20.9. The molecule has 0 radical (unpaired) electrons. The normalized spacial score (nSPS) is 21.8. The Labute approximate surface area is 206 Å². The Morgan fingerprint density at radius 3 is 2.80 bits per heavy atom. The fraction of sp³-hybridized carbons (Fsp3) is 0.519. The van der Waals surface area contributed by atoms with Crippen LogP contribution in [0.4, 0.5) is 11.5 Å². The Morgan fingerprint density at radius 1 is 1.20 bits per heavy atom. The predicted octanol–water partition coefficient (Wildman–Crippen LogP) is 4.19. The van der Waals surface area contributed by atoms with Gasteiger partial charge in [0.15, 0.2) is 5.82 Å². The quantitative estimate of drug-likeness (QED) is 0.567. The van der Waals surface area contributed by atoms with Gasteiger partial charge in [-0.25, -0.2) is 0 Å². The van der Waals surface area contributed by atoms with Gasteiger partial charge < -0.3 is 14.5 Å². The minimum atomic E-state index is 0.129. The highest BCUT2D eigenvalue weighted by molar-refractivity contribution is 5.76. The summed E-state index contributed by atoms with van der Waals surface area (Å²) in [6, 6.07) is 7.09. The monoisotopic (exact) mass is 474 g/mol. The average Bonchev–Trinajstić information content (AvgIpc) is 3.62. The second-order valence-electron chi connectivity index (χ2n) is 10.1. The third-order valence-corrected chi connectivity index (χ3v) is 8.01. The molecule has 8 nitrogen and oxygen atoms in total. The van der Waals surface area contributed by atoms with Crippen molar-refractivity contribution in [2.24, 2.45) is 7.05 Å². The van der Waals surface area contributed by atoms with Crippen LogP contribution in [0.25, 0.3) is 11.1 Å². The first-order valence-electron chi connectivity index (χ1n) is 12.9. The van der Waals surface area contributed by atoms with Gasteiger partial charge in [-0.05, 0) is 48.4 Å². The summed E-state index contributed by atoms with van der Waals surface area (Å²) >= 11 is 0. The van der Waals surface area contributed by atoms with Gasteiger partial charge in [0.1, 0.15) is 0 Å². The summed E-state index contributed by atoms with van der Waals surface area (Å²) < 4.78 is 9.79. The molecule has 1 fully saturated rings. The van der Waals surface area contributed by atoms with Gasteiger partial charge in [-0.1, -0.05) is 13.0 Å². The lowest BCUT2D eigenvalue weighted by atomic mass is 9.86. The molecule has 1 unspecified atom stereocenters. The Kier molecular flexibility index (Phi) is 5.63. The van der Waals surface area contributed by atoms with Crippen LogP contribution in [-0.2, 0) is 29.5 Å². The number of fused-ring (bicyclic) bond motifs is 2. The van der Waals surface area contributed by atoms with E-state index in [1.807, 2.05) is 22.8 Å². The first-order chi connectivity index (χ1) is 17.0. The third kappa shape index (κ3) is 3.84. The van der Waals surface area contributed by atoms with Crippen LogP contribution in [0.5, 0.6) is 0 Å². The molecule has 35 heavy (non-hydrogen) atoms. The summed E-state index contributed by atoms with van der Waals surface area (Å²) in [5.74, 6) is 1.67. The maximum atomic E-state index is 12.3. The second-order valence-corrected chi connectivity index (χ2v) is 10.1. The van der Waals surface area contributed by atoms with Crippen LogP contribution in [0, 0.1) is 0 Å². The van der Waals surface area contributed by atoms with Crippen LogP contribution in [-0.4, -0.2) is 56.7 Å². The Hall–Kier alpha value is -3.13. The van der Waals surface area contributed by atoms with E-state index in [9.17, 15) is 4.79 Å². The lowest BCUT2D eigenvalue weighted by Gasteiger charge is -2.36. The van der Waals surface area contributed by atoms with Gasteiger partial charge in [-0.3, -0.25) is 14.2 Å². The summed E-state index contributed by atoms with van der Waals surface area (Å²) in [5, 5.41) is 9.60. The summed E-state index contributed by atoms with van der Waals surface area (Å²) in [4.78, 5) is 16.6. The number of ether oxygens (including phenoxy) is 1. The molecular formula is C27H34N6O2. The molecule has 2 atom stereocenters. The topological polar surface area (TPSA) is 68.4 Å². The maximum Gasteiger partial charge on any atom is 0.219 e. The van der Waals surface area contributed by atoms with E-state index in [4.69, 9.17) is 9.84 Å². The number of anilines is 2. The zero-order valence-electron chi connectivity index (χ0n) is 20.9. The lowest BCUT2D eigenvalue weighted by Crippen LogP contribution is -2.36. The van der Waals surface area contributed by atoms with Crippen molar-refractivity contribution in [3.05, 3.63) is 47.4 Å². The molecule has 0 bridgehead atoms. The van der Waals surface area contributed by atoms with Gasteiger partial charge in [0.2, 0.25) is 5.91 Å². The summed E-state index contributed by atoms with van der Waals surface area (Å²) in [6.45, 7) is 7.77. The van der Waals surface area contributed by atoms with E-state index >= 15 is 0 Å². The molecule has 0 spiro atoms. The second kappa shape index (κ2) is 8.82.